The Balaban J connectivity index is 1.42. The monoisotopic (exact) mass is 463 g/mol. The number of nitrogens with zero attached hydrogens (tertiary/aromatic N) is 2. The number of hydrogen-bond acceptors (Lipinski definition) is 7. The van der Waals surface area contributed by atoms with E-state index >= 15 is 0 Å². The van der Waals surface area contributed by atoms with E-state index in [-0.39, 0.29) is 24.8 Å². The molecule has 174 valence electrons. The van der Waals surface area contributed by atoms with Crippen LogP contribution < -0.4 is 24.4 Å². The lowest BCUT2D eigenvalue weighted by Crippen LogP contribution is -2.50. The Hall–Kier alpha value is -2.98. The molecule has 0 radical (unpaired) electrons. The third-order valence-corrected chi connectivity index (χ3v) is 7.02. The first kappa shape index (κ1) is 23.7. The zero-order valence-electron chi connectivity index (χ0n) is 18.3. The van der Waals surface area contributed by atoms with Crippen molar-refractivity contribution < 1.29 is 27.4 Å². The van der Waals surface area contributed by atoms with Gasteiger partial charge in [0.2, 0.25) is 10.0 Å². The first-order chi connectivity index (χ1) is 15.4. The fourth-order valence-electron chi connectivity index (χ4n) is 3.44. The fraction of sp³-hybridized carbons (Fsp3) is 0.409. The minimum atomic E-state index is -3.47. The van der Waals surface area contributed by atoms with E-state index in [0.29, 0.717) is 37.7 Å². The van der Waals surface area contributed by atoms with Crippen LogP contribution >= 0.6 is 0 Å². The average molecular weight is 464 g/mol. The van der Waals surface area contributed by atoms with Crippen LogP contribution in [0.5, 0.6) is 17.2 Å². The van der Waals surface area contributed by atoms with Gasteiger partial charge in [-0.05, 0) is 24.3 Å². The Bertz CT molecular complexity index is 1010. The molecule has 0 saturated carbocycles. The fourth-order valence-corrected chi connectivity index (χ4v) is 4.78. The third-order valence-electron chi connectivity index (χ3n) is 5.15. The molecule has 2 aromatic rings. The van der Waals surface area contributed by atoms with Crippen LogP contribution in [-0.4, -0.2) is 77.9 Å². The zero-order chi connectivity index (χ0) is 23.0. The largest absolute Gasteiger partial charge is 0.497 e. The first-order valence-electron chi connectivity index (χ1n) is 10.3. The van der Waals surface area contributed by atoms with Crippen molar-refractivity contribution in [1.82, 2.24) is 9.62 Å². The number of piperazine rings is 1. The van der Waals surface area contributed by atoms with Crippen LogP contribution in [0.25, 0.3) is 0 Å². The van der Waals surface area contributed by atoms with Crippen molar-refractivity contribution in [3.8, 4) is 17.2 Å². The summed E-state index contributed by atoms with van der Waals surface area (Å²) in [6.07, 6.45) is 0. The number of sulfonamides is 1. The number of carbonyl (C=O) groups excluding carboxylic acids is 1. The molecule has 1 aliphatic heterocycles. The van der Waals surface area contributed by atoms with Crippen LogP contribution in [0.15, 0.2) is 48.5 Å². The van der Waals surface area contributed by atoms with Crippen LogP contribution in [-0.2, 0) is 14.8 Å². The van der Waals surface area contributed by atoms with E-state index in [4.69, 9.17) is 14.2 Å². The molecule has 1 N–H and O–H groups in total. The summed E-state index contributed by atoms with van der Waals surface area (Å²) in [5.41, 5.74) is 0.954. The average Bonchev–Trinajstić information content (AvgIpc) is 2.83. The molecule has 10 heteroatoms. The van der Waals surface area contributed by atoms with Gasteiger partial charge >= 0.3 is 0 Å². The predicted octanol–water partition coefficient (Wildman–Crippen LogP) is 1.35. The molecule has 32 heavy (non-hydrogen) atoms. The summed E-state index contributed by atoms with van der Waals surface area (Å²) in [6.45, 7) is 1.72. The Morgan fingerprint density at radius 1 is 0.969 bits per heavy atom. The summed E-state index contributed by atoms with van der Waals surface area (Å²) in [5.74, 6) is 1.35. The van der Waals surface area contributed by atoms with E-state index in [1.807, 2.05) is 24.3 Å². The molecular weight excluding hydrogens is 434 g/mol. The summed E-state index contributed by atoms with van der Waals surface area (Å²) < 4.78 is 42.7. The molecule has 0 aromatic heterocycles. The Labute approximate surface area is 188 Å². The smallest absolute Gasteiger partial charge is 0.257 e. The maximum atomic E-state index is 12.7. The van der Waals surface area contributed by atoms with Crippen molar-refractivity contribution in [2.24, 2.45) is 0 Å². The number of rotatable bonds is 10. The van der Waals surface area contributed by atoms with E-state index in [0.717, 1.165) is 11.4 Å². The summed E-state index contributed by atoms with van der Waals surface area (Å²) in [6, 6.07) is 14.6. The molecule has 0 atom stereocenters. The van der Waals surface area contributed by atoms with E-state index < -0.39 is 10.0 Å². The maximum absolute atomic E-state index is 12.7. The minimum absolute atomic E-state index is 0.0232. The summed E-state index contributed by atoms with van der Waals surface area (Å²) in [7, 11) is -0.306. The van der Waals surface area contributed by atoms with Gasteiger partial charge in [-0.25, -0.2) is 8.42 Å². The van der Waals surface area contributed by atoms with Crippen molar-refractivity contribution in [2.75, 3.05) is 64.2 Å². The van der Waals surface area contributed by atoms with Gasteiger partial charge in [-0.1, -0.05) is 18.2 Å². The topological polar surface area (TPSA) is 97.4 Å². The molecular formula is C22H29N3O6S. The lowest BCUT2D eigenvalue weighted by molar-refractivity contribution is -0.122. The van der Waals surface area contributed by atoms with Crippen LogP contribution in [0.3, 0.4) is 0 Å². The summed E-state index contributed by atoms with van der Waals surface area (Å²) >= 11 is 0. The highest BCUT2D eigenvalue weighted by Gasteiger charge is 2.27. The van der Waals surface area contributed by atoms with Crippen LogP contribution in [0.4, 0.5) is 5.69 Å². The molecule has 0 bridgehead atoms. The van der Waals surface area contributed by atoms with Crippen molar-refractivity contribution >= 4 is 21.6 Å². The molecule has 1 aliphatic rings. The molecule has 0 unspecified atom stereocenters. The van der Waals surface area contributed by atoms with E-state index in [9.17, 15) is 13.2 Å². The number of methoxy groups -OCH3 is 2. The normalized spacial score (nSPS) is 14.6. The first-order valence-corrected chi connectivity index (χ1v) is 11.9. The number of benzene rings is 2. The molecule has 0 spiro atoms. The molecule has 1 saturated heterocycles. The number of carbonyl (C=O) groups is 1. The van der Waals surface area contributed by atoms with Gasteiger partial charge in [-0.2, -0.15) is 4.31 Å². The van der Waals surface area contributed by atoms with E-state index in [1.54, 1.807) is 38.5 Å². The number of amides is 1. The molecule has 1 fully saturated rings. The van der Waals surface area contributed by atoms with E-state index in [2.05, 4.69) is 10.2 Å². The van der Waals surface area contributed by atoms with Crippen LogP contribution in [0.1, 0.15) is 0 Å². The SMILES string of the molecule is COc1cccc(OCC(=O)NCCS(=O)(=O)N2CCN(c3ccccc3OC)CC2)c1. The van der Waals surface area contributed by atoms with Gasteiger partial charge < -0.3 is 24.4 Å². The maximum Gasteiger partial charge on any atom is 0.257 e. The number of anilines is 1. The van der Waals surface area contributed by atoms with Gasteiger partial charge in [0.15, 0.2) is 6.61 Å². The van der Waals surface area contributed by atoms with Crippen molar-refractivity contribution in [2.45, 2.75) is 0 Å². The highest BCUT2D eigenvalue weighted by Crippen LogP contribution is 2.28. The van der Waals surface area contributed by atoms with E-state index in [1.165, 1.54) is 4.31 Å². The lowest BCUT2D eigenvalue weighted by Gasteiger charge is -2.35. The molecule has 3 rings (SSSR count). The molecule has 0 aliphatic carbocycles. The highest BCUT2D eigenvalue weighted by molar-refractivity contribution is 7.89. The number of para-hydroxylation sites is 2. The van der Waals surface area contributed by atoms with Crippen LogP contribution in [0, 0.1) is 0 Å². The van der Waals surface area contributed by atoms with Crippen molar-refractivity contribution in [3.05, 3.63) is 48.5 Å². The second kappa shape index (κ2) is 11.1. The van der Waals surface area contributed by atoms with Crippen molar-refractivity contribution in [1.29, 1.82) is 0 Å². The number of nitrogens with one attached hydrogen (secondary N) is 1. The van der Waals surface area contributed by atoms with Gasteiger partial charge in [0.1, 0.15) is 17.2 Å². The lowest BCUT2D eigenvalue weighted by atomic mass is 10.2. The van der Waals surface area contributed by atoms with Crippen LogP contribution in [0.2, 0.25) is 0 Å². The summed E-state index contributed by atoms with van der Waals surface area (Å²) in [4.78, 5) is 14.1. The minimum Gasteiger partial charge on any atom is -0.497 e. The predicted molar refractivity (Wildman–Crippen MR) is 122 cm³/mol. The van der Waals surface area contributed by atoms with Gasteiger partial charge in [0.25, 0.3) is 5.91 Å². The Morgan fingerprint density at radius 2 is 1.69 bits per heavy atom. The van der Waals surface area contributed by atoms with Gasteiger partial charge in [0, 0.05) is 38.8 Å². The Kier molecular flexibility index (Phi) is 8.18. The number of ether oxygens (including phenoxy) is 3. The second-order valence-electron chi connectivity index (χ2n) is 7.19. The number of hydrogen-bond donors (Lipinski definition) is 1. The summed E-state index contributed by atoms with van der Waals surface area (Å²) in [5, 5.41) is 2.60. The quantitative estimate of drug-likeness (QED) is 0.568. The molecule has 2 aromatic carbocycles. The Morgan fingerprint density at radius 3 is 2.41 bits per heavy atom. The molecule has 9 nitrogen and oxygen atoms in total. The molecule has 1 heterocycles. The zero-order valence-corrected chi connectivity index (χ0v) is 19.1. The third kappa shape index (κ3) is 6.27. The second-order valence-corrected chi connectivity index (χ2v) is 9.28. The van der Waals surface area contributed by atoms with Gasteiger partial charge in [-0.15, -0.1) is 0 Å². The standard InChI is InChI=1S/C22H29N3O6S/c1-29-18-6-5-7-19(16-18)31-17-22(26)23-10-15-32(27,28)25-13-11-24(12-14-25)20-8-3-4-9-21(20)30-2/h3-9,16H,10-15,17H2,1-2H3,(H,23,26). The van der Waals surface area contributed by atoms with Crippen molar-refractivity contribution in [3.63, 3.8) is 0 Å². The molecule has 1 amide bonds. The highest BCUT2D eigenvalue weighted by atomic mass is 32.2. The van der Waals surface area contributed by atoms with Gasteiger partial charge in [0.05, 0.1) is 25.7 Å². The van der Waals surface area contributed by atoms with Gasteiger partial charge in [-0.3, -0.25) is 4.79 Å².